The molecular formula is C15H27N5O2. The summed E-state index contributed by atoms with van der Waals surface area (Å²) in [6.07, 6.45) is 6.42. The van der Waals surface area contributed by atoms with Crippen LogP contribution in [0.4, 0.5) is 4.79 Å². The summed E-state index contributed by atoms with van der Waals surface area (Å²) in [5.74, 6) is 0. The average molecular weight is 309 g/mol. The van der Waals surface area contributed by atoms with Crippen molar-refractivity contribution in [3.05, 3.63) is 12.4 Å². The quantitative estimate of drug-likeness (QED) is 0.809. The third-order valence-corrected chi connectivity index (χ3v) is 3.60. The Kier molecular flexibility index (Phi) is 5.76. The number of rotatable bonds is 6. The van der Waals surface area contributed by atoms with Crippen LogP contribution in [0.3, 0.4) is 0 Å². The van der Waals surface area contributed by atoms with Crippen LogP contribution in [0.15, 0.2) is 12.4 Å². The van der Waals surface area contributed by atoms with Crippen molar-refractivity contribution in [2.24, 2.45) is 0 Å². The van der Waals surface area contributed by atoms with Gasteiger partial charge in [-0.25, -0.2) is 4.79 Å². The monoisotopic (exact) mass is 309 g/mol. The number of aryl methyl sites for hydroxylation is 1. The van der Waals surface area contributed by atoms with Crippen LogP contribution in [0.2, 0.25) is 0 Å². The third-order valence-electron chi connectivity index (χ3n) is 3.60. The molecule has 1 saturated heterocycles. The van der Waals surface area contributed by atoms with Crippen molar-refractivity contribution in [2.75, 3.05) is 19.6 Å². The molecular weight excluding hydrogens is 282 g/mol. The molecule has 0 spiro atoms. The van der Waals surface area contributed by atoms with Gasteiger partial charge in [0.15, 0.2) is 0 Å². The van der Waals surface area contributed by atoms with Gasteiger partial charge in [0.1, 0.15) is 5.60 Å². The molecule has 1 aliphatic rings. The van der Waals surface area contributed by atoms with Gasteiger partial charge in [0.2, 0.25) is 0 Å². The number of carbonyl (C=O) groups is 1. The molecule has 0 bridgehead atoms. The minimum Gasteiger partial charge on any atom is -0.444 e. The first-order chi connectivity index (χ1) is 10.5. The minimum atomic E-state index is -0.435. The maximum atomic E-state index is 12.2. The SMILES string of the molecule is CC(C)(C)OC(=O)N1CCCC1CNCCCn1ccnn1. The Morgan fingerprint density at radius 1 is 1.45 bits per heavy atom. The van der Waals surface area contributed by atoms with Gasteiger partial charge in [-0.2, -0.15) is 0 Å². The second-order valence-corrected chi connectivity index (χ2v) is 6.69. The highest BCUT2D eigenvalue weighted by molar-refractivity contribution is 5.69. The fourth-order valence-electron chi connectivity index (χ4n) is 2.60. The van der Waals surface area contributed by atoms with Crippen molar-refractivity contribution in [1.29, 1.82) is 0 Å². The molecule has 2 heterocycles. The van der Waals surface area contributed by atoms with E-state index in [-0.39, 0.29) is 12.1 Å². The van der Waals surface area contributed by atoms with E-state index in [0.717, 1.165) is 45.4 Å². The number of nitrogens with zero attached hydrogens (tertiary/aromatic N) is 4. The topological polar surface area (TPSA) is 72.3 Å². The van der Waals surface area contributed by atoms with Crippen LogP contribution in [0.5, 0.6) is 0 Å². The number of hydrogen-bond donors (Lipinski definition) is 1. The Hall–Kier alpha value is -1.63. The van der Waals surface area contributed by atoms with Crippen LogP contribution < -0.4 is 5.32 Å². The van der Waals surface area contributed by atoms with E-state index in [0.29, 0.717) is 0 Å². The Labute approximate surface area is 132 Å². The van der Waals surface area contributed by atoms with Crippen molar-refractivity contribution < 1.29 is 9.53 Å². The highest BCUT2D eigenvalue weighted by atomic mass is 16.6. The van der Waals surface area contributed by atoms with Crippen LogP contribution in [-0.2, 0) is 11.3 Å². The normalized spacial score (nSPS) is 18.7. The van der Waals surface area contributed by atoms with E-state index in [1.54, 1.807) is 6.20 Å². The molecule has 7 heteroatoms. The summed E-state index contributed by atoms with van der Waals surface area (Å²) in [7, 11) is 0. The zero-order valence-electron chi connectivity index (χ0n) is 13.8. The van der Waals surface area contributed by atoms with Gasteiger partial charge in [0.25, 0.3) is 0 Å². The second-order valence-electron chi connectivity index (χ2n) is 6.69. The third kappa shape index (κ3) is 5.29. The molecule has 0 aliphatic carbocycles. The van der Waals surface area contributed by atoms with Crippen molar-refractivity contribution in [2.45, 2.75) is 58.2 Å². The number of aromatic nitrogens is 3. The summed E-state index contributed by atoms with van der Waals surface area (Å²) >= 11 is 0. The molecule has 1 atom stereocenters. The number of carbonyl (C=O) groups excluding carboxylic acids is 1. The molecule has 1 N–H and O–H groups in total. The lowest BCUT2D eigenvalue weighted by molar-refractivity contribution is 0.0226. The standard InChI is InChI=1S/C15H27N5O2/c1-15(2,3)22-14(21)20-10-4-6-13(20)12-16-7-5-9-19-11-8-17-18-19/h8,11,13,16H,4-7,9-10,12H2,1-3H3. The Balaban J connectivity index is 1.66. The zero-order valence-corrected chi connectivity index (χ0v) is 13.8. The number of hydrogen-bond acceptors (Lipinski definition) is 5. The molecule has 1 aromatic heterocycles. The summed E-state index contributed by atoms with van der Waals surface area (Å²) in [6.45, 7) is 9.07. The molecule has 0 radical (unpaired) electrons. The van der Waals surface area contributed by atoms with E-state index in [2.05, 4.69) is 15.6 Å². The molecule has 1 aliphatic heterocycles. The van der Waals surface area contributed by atoms with E-state index in [1.807, 2.05) is 36.5 Å². The van der Waals surface area contributed by atoms with E-state index in [9.17, 15) is 4.79 Å². The molecule has 124 valence electrons. The van der Waals surface area contributed by atoms with Gasteiger partial charge in [-0.15, -0.1) is 5.10 Å². The van der Waals surface area contributed by atoms with Crippen LogP contribution in [0.25, 0.3) is 0 Å². The molecule has 22 heavy (non-hydrogen) atoms. The molecule has 1 fully saturated rings. The van der Waals surface area contributed by atoms with Crippen LogP contribution in [0, 0.1) is 0 Å². The van der Waals surface area contributed by atoms with E-state index in [4.69, 9.17) is 4.74 Å². The Bertz CT molecular complexity index is 455. The van der Waals surface area contributed by atoms with Gasteiger partial charge in [0, 0.05) is 31.9 Å². The van der Waals surface area contributed by atoms with Gasteiger partial charge in [-0.3, -0.25) is 4.68 Å². The van der Waals surface area contributed by atoms with Crippen molar-refractivity contribution in [1.82, 2.24) is 25.2 Å². The zero-order chi connectivity index (χ0) is 16.0. The van der Waals surface area contributed by atoms with E-state index < -0.39 is 5.60 Å². The number of amides is 1. The number of nitrogens with one attached hydrogen (secondary N) is 1. The largest absolute Gasteiger partial charge is 0.444 e. The molecule has 0 saturated carbocycles. The maximum absolute atomic E-state index is 12.2. The van der Waals surface area contributed by atoms with Crippen molar-refractivity contribution in [3.8, 4) is 0 Å². The van der Waals surface area contributed by atoms with Crippen molar-refractivity contribution in [3.63, 3.8) is 0 Å². The molecule has 1 amide bonds. The highest BCUT2D eigenvalue weighted by Crippen LogP contribution is 2.20. The summed E-state index contributed by atoms with van der Waals surface area (Å²) in [5, 5.41) is 11.1. The van der Waals surface area contributed by atoms with Gasteiger partial charge in [-0.1, -0.05) is 5.21 Å². The first-order valence-corrected chi connectivity index (χ1v) is 8.00. The fraction of sp³-hybridized carbons (Fsp3) is 0.800. The van der Waals surface area contributed by atoms with Gasteiger partial charge in [0.05, 0.1) is 6.20 Å². The highest BCUT2D eigenvalue weighted by Gasteiger charge is 2.31. The minimum absolute atomic E-state index is 0.195. The van der Waals surface area contributed by atoms with Gasteiger partial charge in [-0.05, 0) is 46.6 Å². The molecule has 1 aromatic rings. The summed E-state index contributed by atoms with van der Waals surface area (Å²) < 4.78 is 7.29. The first-order valence-electron chi connectivity index (χ1n) is 8.00. The summed E-state index contributed by atoms with van der Waals surface area (Å²) in [5.41, 5.74) is -0.435. The molecule has 0 aromatic carbocycles. The maximum Gasteiger partial charge on any atom is 0.410 e. The molecule has 7 nitrogen and oxygen atoms in total. The van der Waals surface area contributed by atoms with Crippen molar-refractivity contribution >= 4 is 6.09 Å². The predicted octanol–water partition coefficient (Wildman–Crippen LogP) is 1.66. The summed E-state index contributed by atoms with van der Waals surface area (Å²) in [6, 6.07) is 0.237. The first kappa shape index (κ1) is 16.7. The second kappa shape index (κ2) is 7.58. The number of ether oxygens (including phenoxy) is 1. The van der Waals surface area contributed by atoms with Gasteiger partial charge < -0.3 is 15.0 Å². The predicted molar refractivity (Wildman–Crippen MR) is 83.5 cm³/mol. The lowest BCUT2D eigenvalue weighted by atomic mass is 10.2. The lowest BCUT2D eigenvalue weighted by Gasteiger charge is -2.28. The number of likely N-dealkylation sites (tertiary alicyclic amines) is 1. The van der Waals surface area contributed by atoms with Crippen LogP contribution >= 0.6 is 0 Å². The smallest absolute Gasteiger partial charge is 0.410 e. The Morgan fingerprint density at radius 3 is 2.95 bits per heavy atom. The van der Waals surface area contributed by atoms with E-state index in [1.165, 1.54) is 0 Å². The summed E-state index contributed by atoms with van der Waals surface area (Å²) in [4.78, 5) is 14.0. The van der Waals surface area contributed by atoms with Gasteiger partial charge >= 0.3 is 6.09 Å². The average Bonchev–Trinajstić information content (AvgIpc) is 3.06. The Morgan fingerprint density at radius 2 is 2.27 bits per heavy atom. The molecule has 2 rings (SSSR count). The lowest BCUT2D eigenvalue weighted by Crippen LogP contribution is -2.44. The fourth-order valence-corrected chi connectivity index (χ4v) is 2.60. The van der Waals surface area contributed by atoms with E-state index >= 15 is 0 Å². The van der Waals surface area contributed by atoms with Crippen LogP contribution in [-0.4, -0.2) is 57.3 Å². The van der Waals surface area contributed by atoms with Crippen LogP contribution in [0.1, 0.15) is 40.0 Å². The molecule has 1 unspecified atom stereocenters.